The number of carboxylic acids is 1. The number of aromatic amines is 1. The van der Waals surface area contributed by atoms with Gasteiger partial charge in [-0.05, 0) is 35.4 Å². The highest BCUT2D eigenvalue weighted by atomic mass is 16.4. The third-order valence-electron chi connectivity index (χ3n) is 3.51. The number of pyridine rings is 1. The molecule has 0 saturated carbocycles. The molecule has 2 heterocycles. The number of aromatic nitrogens is 1. The number of carbonyl (C=O) groups excluding carboxylic acids is 1. The standard InChI is InChI=1S/C15H12N2O4/c18-13-12(2-1-5-16-13)14(19)17-7-10-4-3-9(15(20)21)6-11(10)8-17/h1-6H,7-8H2,(H,16,18)(H,20,21). The van der Waals surface area contributed by atoms with Crippen molar-refractivity contribution in [3.05, 3.63) is 69.1 Å². The first-order valence-corrected chi connectivity index (χ1v) is 6.38. The largest absolute Gasteiger partial charge is 0.478 e. The van der Waals surface area contributed by atoms with E-state index in [1.54, 1.807) is 18.2 Å². The van der Waals surface area contributed by atoms with Crippen LogP contribution in [0.5, 0.6) is 0 Å². The Kier molecular flexibility index (Phi) is 3.06. The van der Waals surface area contributed by atoms with Crippen LogP contribution in [0.4, 0.5) is 0 Å². The SMILES string of the molecule is O=C(O)c1ccc2c(c1)CN(C(=O)c1ccc[nH]c1=O)C2. The maximum absolute atomic E-state index is 12.3. The Bertz CT molecular complexity index is 794. The van der Waals surface area contributed by atoms with E-state index in [9.17, 15) is 14.4 Å². The Balaban J connectivity index is 1.88. The lowest BCUT2D eigenvalue weighted by Gasteiger charge is -2.14. The molecular weight excluding hydrogens is 272 g/mol. The van der Waals surface area contributed by atoms with E-state index < -0.39 is 11.5 Å². The Morgan fingerprint density at radius 3 is 2.62 bits per heavy atom. The molecule has 0 bridgehead atoms. The number of carboxylic acid groups (broad SMARTS) is 1. The molecule has 1 aliphatic heterocycles. The fourth-order valence-electron chi connectivity index (χ4n) is 2.43. The molecule has 1 aliphatic rings. The molecule has 0 unspecified atom stereocenters. The lowest BCUT2D eigenvalue weighted by Crippen LogP contribution is -2.30. The van der Waals surface area contributed by atoms with Crippen LogP contribution in [0.15, 0.2) is 41.3 Å². The molecule has 1 aromatic heterocycles. The monoisotopic (exact) mass is 284 g/mol. The zero-order valence-corrected chi connectivity index (χ0v) is 11.0. The molecule has 106 valence electrons. The number of amides is 1. The minimum Gasteiger partial charge on any atom is -0.478 e. The lowest BCUT2D eigenvalue weighted by atomic mass is 10.1. The molecule has 3 rings (SSSR count). The molecule has 2 aromatic rings. The molecule has 21 heavy (non-hydrogen) atoms. The van der Waals surface area contributed by atoms with Crippen molar-refractivity contribution in [2.24, 2.45) is 0 Å². The predicted molar refractivity (Wildman–Crippen MR) is 74.0 cm³/mol. The normalized spacial score (nSPS) is 13.0. The van der Waals surface area contributed by atoms with Crippen LogP contribution in [-0.2, 0) is 13.1 Å². The van der Waals surface area contributed by atoms with E-state index >= 15 is 0 Å². The van der Waals surface area contributed by atoms with Crippen molar-refractivity contribution in [1.82, 2.24) is 9.88 Å². The maximum atomic E-state index is 12.3. The van der Waals surface area contributed by atoms with Gasteiger partial charge in [-0.3, -0.25) is 9.59 Å². The van der Waals surface area contributed by atoms with Gasteiger partial charge in [0, 0.05) is 19.3 Å². The first-order valence-electron chi connectivity index (χ1n) is 6.38. The number of benzene rings is 1. The van der Waals surface area contributed by atoms with Crippen LogP contribution in [0, 0.1) is 0 Å². The van der Waals surface area contributed by atoms with E-state index in [0.717, 1.165) is 11.1 Å². The topological polar surface area (TPSA) is 90.5 Å². The third kappa shape index (κ3) is 2.31. The van der Waals surface area contributed by atoms with Crippen molar-refractivity contribution in [1.29, 1.82) is 0 Å². The Morgan fingerprint density at radius 2 is 1.90 bits per heavy atom. The average molecular weight is 284 g/mol. The van der Waals surface area contributed by atoms with Gasteiger partial charge >= 0.3 is 5.97 Å². The zero-order valence-electron chi connectivity index (χ0n) is 11.0. The summed E-state index contributed by atoms with van der Waals surface area (Å²) in [4.78, 5) is 39.0. The van der Waals surface area contributed by atoms with Gasteiger partial charge in [-0.15, -0.1) is 0 Å². The van der Waals surface area contributed by atoms with Crippen molar-refractivity contribution in [3.8, 4) is 0 Å². The second-order valence-electron chi connectivity index (χ2n) is 4.86. The smallest absolute Gasteiger partial charge is 0.335 e. The molecule has 0 radical (unpaired) electrons. The van der Waals surface area contributed by atoms with E-state index in [4.69, 9.17) is 5.11 Å². The first-order chi connectivity index (χ1) is 10.1. The van der Waals surface area contributed by atoms with E-state index in [2.05, 4.69) is 4.98 Å². The van der Waals surface area contributed by atoms with Gasteiger partial charge in [-0.2, -0.15) is 0 Å². The van der Waals surface area contributed by atoms with Crippen LogP contribution in [0.2, 0.25) is 0 Å². The van der Waals surface area contributed by atoms with Gasteiger partial charge in [0.25, 0.3) is 11.5 Å². The number of hydrogen-bond acceptors (Lipinski definition) is 3. The first kappa shape index (κ1) is 13.1. The number of carbonyl (C=O) groups is 2. The zero-order chi connectivity index (χ0) is 15.0. The van der Waals surface area contributed by atoms with Crippen molar-refractivity contribution in [3.63, 3.8) is 0 Å². The second kappa shape index (κ2) is 4.90. The molecule has 0 atom stereocenters. The number of nitrogens with zero attached hydrogens (tertiary/aromatic N) is 1. The lowest BCUT2D eigenvalue weighted by molar-refractivity contribution is 0.0696. The highest BCUT2D eigenvalue weighted by Crippen LogP contribution is 2.24. The van der Waals surface area contributed by atoms with Crippen molar-refractivity contribution in [2.45, 2.75) is 13.1 Å². The summed E-state index contributed by atoms with van der Waals surface area (Å²) in [7, 11) is 0. The number of aromatic carboxylic acids is 1. The summed E-state index contributed by atoms with van der Waals surface area (Å²) in [5, 5.41) is 8.98. The fraction of sp³-hybridized carbons (Fsp3) is 0.133. The predicted octanol–water partition coefficient (Wildman–Crippen LogP) is 1.23. The Hall–Kier alpha value is -2.89. The van der Waals surface area contributed by atoms with Gasteiger partial charge < -0.3 is 15.0 Å². The second-order valence-corrected chi connectivity index (χ2v) is 4.86. The summed E-state index contributed by atoms with van der Waals surface area (Å²) >= 11 is 0. The molecule has 0 aliphatic carbocycles. The quantitative estimate of drug-likeness (QED) is 0.867. The van der Waals surface area contributed by atoms with Gasteiger partial charge in [-0.1, -0.05) is 6.07 Å². The van der Waals surface area contributed by atoms with Gasteiger partial charge in [0.2, 0.25) is 0 Å². The van der Waals surface area contributed by atoms with Gasteiger partial charge in [0.05, 0.1) is 5.56 Å². The van der Waals surface area contributed by atoms with E-state index in [1.807, 2.05) is 0 Å². The van der Waals surface area contributed by atoms with Gasteiger partial charge in [0.1, 0.15) is 5.56 Å². The number of hydrogen-bond donors (Lipinski definition) is 2. The van der Waals surface area contributed by atoms with Crippen LogP contribution >= 0.6 is 0 Å². The number of rotatable bonds is 2. The minimum atomic E-state index is -0.998. The van der Waals surface area contributed by atoms with Crippen LogP contribution in [0.3, 0.4) is 0 Å². The summed E-state index contributed by atoms with van der Waals surface area (Å²) in [5.74, 6) is -1.35. The highest BCUT2D eigenvalue weighted by Gasteiger charge is 2.26. The number of H-pyrrole nitrogens is 1. The molecule has 0 saturated heterocycles. The summed E-state index contributed by atoms with van der Waals surface area (Å²) in [6.45, 7) is 0.687. The molecular formula is C15H12N2O4. The Labute approximate surface area is 119 Å². The van der Waals surface area contributed by atoms with Crippen molar-refractivity contribution in [2.75, 3.05) is 0 Å². The van der Waals surface area contributed by atoms with Crippen molar-refractivity contribution < 1.29 is 14.7 Å². The number of fused-ring (bicyclic) bond motifs is 1. The van der Waals surface area contributed by atoms with Crippen LogP contribution in [-0.4, -0.2) is 26.9 Å². The van der Waals surface area contributed by atoms with E-state index in [0.29, 0.717) is 13.1 Å². The molecule has 6 heteroatoms. The number of nitrogens with one attached hydrogen (secondary N) is 1. The molecule has 2 N–H and O–H groups in total. The van der Waals surface area contributed by atoms with Crippen molar-refractivity contribution >= 4 is 11.9 Å². The van der Waals surface area contributed by atoms with Crippen LogP contribution < -0.4 is 5.56 Å². The third-order valence-corrected chi connectivity index (χ3v) is 3.51. The highest BCUT2D eigenvalue weighted by molar-refractivity contribution is 5.94. The molecule has 0 fully saturated rings. The van der Waals surface area contributed by atoms with Gasteiger partial charge in [-0.25, -0.2) is 4.79 Å². The Morgan fingerprint density at radius 1 is 1.14 bits per heavy atom. The summed E-state index contributed by atoms with van der Waals surface area (Å²) in [5.41, 5.74) is 1.56. The molecule has 1 amide bonds. The average Bonchev–Trinajstić information content (AvgIpc) is 2.89. The summed E-state index contributed by atoms with van der Waals surface area (Å²) < 4.78 is 0. The van der Waals surface area contributed by atoms with E-state index in [-0.39, 0.29) is 17.0 Å². The van der Waals surface area contributed by atoms with Gasteiger partial charge in [0.15, 0.2) is 0 Å². The van der Waals surface area contributed by atoms with Crippen LogP contribution in [0.25, 0.3) is 0 Å². The van der Waals surface area contributed by atoms with Crippen LogP contribution in [0.1, 0.15) is 31.8 Å². The minimum absolute atomic E-state index is 0.0868. The molecule has 1 aromatic carbocycles. The summed E-state index contributed by atoms with van der Waals surface area (Å²) in [6.07, 6.45) is 1.47. The molecule has 6 nitrogen and oxygen atoms in total. The summed E-state index contributed by atoms with van der Waals surface area (Å²) in [6, 6.07) is 7.87. The van der Waals surface area contributed by atoms with E-state index in [1.165, 1.54) is 23.2 Å². The fourth-order valence-corrected chi connectivity index (χ4v) is 2.43. The maximum Gasteiger partial charge on any atom is 0.335 e. The molecule has 0 spiro atoms.